The molecule has 0 unspecified atom stereocenters. The van der Waals surface area contributed by atoms with E-state index in [4.69, 9.17) is 10.5 Å². The summed E-state index contributed by atoms with van der Waals surface area (Å²) in [6.45, 7) is 0.114. The van der Waals surface area contributed by atoms with Crippen LogP contribution >= 0.6 is 11.3 Å². The predicted octanol–water partition coefficient (Wildman–Crippen LogP) is 5.07. The van der Waals surface area contributed by atoms with Crippen LogP contribution in [0.25, 0.3) is 16.9 Å². The first-order valence-electron chi connectivity index (χ1n) is 13.4. The van der Waals surface area contributed by atoms with Gasteiger partial charge in [-0.05, 0) is 61.1 Å². The van der Waals surface area contributed by atoms with Gasteiger partial charge in [0, 0.05) is 41.3 Å². The Morgan fingerprint density at radius 1 is 1.20 bits per heavy atom. The molecule has 0 radical (unpaired) electrons. The topological polar surface area (TPSA) is 70.8 Å². The molecule has 184 valence electrons. The van der Waals surface area contributed by atoms with E-state index in [0.717, 1.165) is 21.8 Å². The molecule has 7 nitrogen and oxygen atoms in total. The minimum atomic E-state index is -3.25. The van der Waals surface area contributed by atoms with Gasteiger partial charge in [-0.3, -0.25) is 4.40 Å². The fourth-order valence-corrected chi connectivity index (χ4v) is 6.03. The molecule has 0 saturated carbocycles. The van der Waals surface area contributed by atoms with E-state index < -0.39 is 22.8 Å². The number of fused-ring (bicyclic) bond motifs is 1. The van der Waals surface area contributed by atoms with Crippen LogP contribution in [0.1, 0.15) is 42.4 Å². The summed E-state index contributed by atoms with van der Waals surface area (Å²) in [7, 11) is -3.25. The van der Waals surface area contributed by atoms with E-state index in [2.05, 4.69) is 4.98 Å². The summed E-state index contributed by atoms with van der Waals surface area (Å²) < 4.78 is 74.3. The number of thiazole rings is 1. The van der Waals surface area contributed by atoms with Gasteiger partial charge in [-0.2, -0.15) is 0 Å². The highest BCUT2D eigenvalue weighted by atomic mass is 32.2. The van der Waals surface area contributed by atoms with Crippen molar-refractivity contribution in [1.29, 1.82) is 0 Å². The first-order valence-corrected chi connectivity index (χ1v) is 14.0. The quantitative estimate of drug-likeness (QED) is 0.357. The molecule has 1 aromatic carbocycles. The Labute approximate surface area is 214 Å². The van der Waals surface area contributed by atoms with E-state index >= 15 is 0 Å². The van der Waals surface area contributed by atoms with Crippen molar-refractivity contribution in [3.05, 3.63) is 65.0 Å². The van der Waals surface area contributed by atoms with E-state index in [0.29, 0.717) is 55.1 Å². The number of hydrogen-bond donors (Lipinski definition) is 0. The van der Waals surface area contributed by atoms with Crippen LogP contribution in [0, 0.1) is 5.82 Å². The van der Waals surface area contributed by atoms with E-state index in [9.17, 15) is 12.8 Å². The van der Waals surface area contributed by atoms with Crippen molar-refractivity contribution in [3.63, 3.8) is 0 Å². The molecule has 1 aliphatic heterocycles. The van der Waals surface area contributed by atoms with Crippen LogP contribution < -0.4 is 4.90 Å². The highest BCUT2D eigenvalue weighted by Crippen LogP contribution is 2.35. The number of aromatic nitrogens is 3. The first kappa shape index (κ1) is 19.4. The molecule has 0 amide bonds. The molecule has 0 aliphatic carbocycles. The average molecular weight is 518 g/mol. The Morgan fingerprint density at radius 3 is 2.60 bits per heavy atom. The van der Waals surface area contributed by atoms with Crippen LogP contribution in [0.2, 0.25) is 0 Å². The molecule has 35 heavy (non-hydrogen) atoms. The van der Waals surface area contributed by atoms with Crippen LogP contribution in [0.5, 0.6) is 0 Å². The van der Waals surface area contributed by atoms with Crippen molar-refractivity contribution < 1.29 is 18.3 Å². The second-order valence-electron chi connectivity index (χ2n) is 8.65. The van der Waals surface area contributed by atoms with E-state index in [1.54, 1.807) is 4.40 Å². The molecule has 4 aromatic rings. The number of nitrogens with zero attached hydrogens (tertiary/aromatic N) is 5. The number of pyridine rings is 1. The zero-order valence-electron chi connectivity index (χ0n) is 23.4. The molecule has 1 saturated heterocycles. The first-order chi connectivity index (χ1) is 18.4. The summed E-state index contributed by atoms with van der Waals surface area (Å²) in [4.78, 5) is 10.4. The number of anilines is 2. The molecule has 10 heteroatoms. The lowest BCUT2D eigenvalue weighted by molar-refractivity contribution is 0.321. The second-order valence-corrected chi connectivity index (χ2v) is 11.4. The number of rotatable bonds is 6. The van der Waals surface area contributed by atoms with Crippen molar-refractivity contribution in [2.24, 2.45) is 0 Å². The Kier molecular flexibility index (Phi) is 5.16. The van der Waals surface area contributed by atoms with Crippen molar-refractivity contribution >= 4 is 38.0 Å². The number of piperidine rings is 1. The number of aryl methyl sites for hydroxylation is 1. The van der Waals surface area contributed by atoms with Gasteiger partial charge in [0.05, 0.1) is 19.0 Å². The minimum Gasteiger partial charge on any atom is -0.305 e. The van der Waals surface area contributed by atoms with Gasteiger partial charge in [0.1, 0.15) is 17.3 Å². The third-order valence-electron chi connectivity index (χ3n) is 6.38. The van der Waals surface area contributed by atoms with Gasteiger partial charge in [-0.1, -0.05) is 13.0 Å². The van der Waals surface area contributed by atoms with Gasteiger partial charge in [-0.15, -0.1) is 11.3 Å². The number of benzene rings is 1. The van der Waals surface area contributed by atoms with E-state index in [1.165, 1.54) is 34.8 Å². The van der Waals surface area contributed by atoms with Gasteiger partial charge in [0.15, 0.2) is 5.13 Å². The predicted molar refractivity (Wildman–Crippen MR) is 139 cm³/mol. The zero-order chi connectivity index (χ0) is 28.1. The van der Waals surface area contributed by atoms with Crippen LogP contribution in [-0.2, 0) is 16.4 Å². The van der Waals surface area contributed by atoms with Gasteiger partial charge < -0.3 is 4.90 Å². The monoisotopic (exact) mass is 517 g/mol. The normalized spacial score (nSPS) is 17.7. The standard InChI is InChI=1S/C25H28FN5O2S2/c1-4-21-24(29(2)25-28-22(16-34-25)18-5-8-20(26)9-6-18)31-15-19(7-10-23(31)27-21)17-11-13-30(14-12-17)35(3,32)33/h5-10,15-17H,4,11-14H2,1-3H3/i2D3,16D. The number of imidazole rings is 1. The maximum atomic E-state index is 13.5. The largest absolute Gasteiger partial charge is 0.305 e. The summed E-state index contributed by atoms with van der Waals surface area (Å²) >= 11 is 0.933. The van der Waals surface area contributed by atoms with Gasteiger partial charge in [0.25, 0.3) is 0 Å². The summed E-state index contributed by atoms with van der Waals surface area (Å²) in [6.07, 6.45) is 4.88. The maximum absolute atomic E-state index is 13.5. The Morgan fingerprint density at radius 2 is 1.94 bits per heavy atom. The fourth-order valence-electron chi connectivity index (χ4n) is 4.49. The maximum Gasteiger partial charge on any atom is 0.211 e. The summed E-state index contributed by atoms with van der Waals surface area (Å²) in [5.41, 5.74) is 2.91. The number of sulfonamides is 1. The Hall–Kier alpha value is -2.82. The Balaban J connectivity index is 1.59. The van der Waals surface area contributed by atoms with Crippen molar-refractivity contribution in [2.45, 2.75) is 32.1 Å². The number of hydrogen-bond acceptors (Lipinski definition) is 6. The highest BCUT2D eigenvalue weighted by molar-refractivity contribution is 7.88. The molecule has 5 rings (SSSR count). The van der Waals surface area contributed by atoms with E-state index in [-0.39, 0.29) is 22.1 Å². The van der Waals surface area contributed by atoms with Crippen molar-refractivity contribution in [3.8, 4) is 11.3 Å². The van der Waals surface area contributed by atoms with Crippen LogP contribution in [0.4, 0.5) is 15.3 Å². The van der Waals surface area contributed by atoms with Crippen LogP contribution in [0.3, 0.4) is 0 Å². The van der Waals surface area contributed by atoms with Crippen molar-refractivity contribution in [1.82, 2.24) is 18.7 Å². The minimum absolute atomic E-state index is 0.0658. The molecule has 1 aliphatic rings. The van der Waals surface area contributed by atoms with Crippen LogP contribution in [-0.4, -0.2) is 53.4 Å². The lowest BCUT2D eigenvalue weighted by atomic mass is 9.91. The molecule has 4 heterocycles. The third kappa shape index (κ3) is 4.70. The lowest BCUT2D eigenvalue weighted by Crippen LogP contribution is -2.37. The summed E-state index contributed by atoms with van der Waals surface area (Å²) in [6, 6.07) is 9.38. The van der Waals surface area contributed by atoms with Crippen molar-refractivity contribution in [2.75, 3.05) is 31.2 Å². The third-order valence-corrected chi connectivity index (χ3v) is 8.44. The van der Waals surface area contributed by atoms with Crippen LogP contribution in [0.15, 0.2) is 48.0 Å². The molecule has 0 spiro atoms. The van der Waals surface area contributed by atoms with Gasteiger partial charge in [-0.25, -0.2) is 27.1 Å². The molecule has 0 bridgehead atoms. The highest BCUT2D eigenvalue weighted by Gasteiger charge is 2.27. The number of halogens is 1. The second kappa shape index (κ2) is 9.33. The van der Waals surface area contributed by atoms with Gasteiger partial charge >= 0.3 is 0 Å². The lowest BCUT2D eigenvalue weighted by Gasteiger charge is -2.30. The SMILES string of the molecule is [2H]c1sc(N(c2c(CC)nc3ccc(C4CCN(S(C)(=O)=O)CC4)cn23)C([2H])([2H])[2H])nc1-c1ccc(F)cc1. The summed E-state index contributed by atoms with van der Waals surface area (Å²) in [5.74, 6) is 0.0435. The van der Waals surface area contributed by atoms with Gasteiger partial charge in [0.2, 0.25) is 10.0 Å². The zero-order valence-corrected chi connectivity index (χ0v) is 21.0. The molecular formula is C25H28FN5O2S2. The fraction of sp³-hybridized carbons (Fsp3) is 0.360. The Bertz CT molecular complexity index is 1610. The molecule has 1 fully saturated rings. The summed E-state index contributed by atoms with van der Waals surface area (Å²) in [5, 5.41) is 0.179. The molecule has 0 N–H and O–H groups in total. The average Bonchev–Trinajstić information content (AvgIpc) is 3.43. The molecule has 3 aromatic heterocycles. The smallest absolute Gasteiger partial charge is 0.211 e. The molecule has 0 atom stereocenters. The molecular weight excluding hydrogens is 485 g/mol. The van der Waals surface area contributed by atoms with E-state index in [1.807, 2.05) is 25.3 Å².